The van der Waals surface area contributed by atoms with E-state index in [0.717, 1.165) is 0 Å². The molecule has 1 fully saturated rings. The van der Waals surface area contributed by atoms with Crippen LogP contribution in [-0.4, -0.2) is 74.6 Å². The lowest BCUT2D eigenvalue weighted by atomic mass is 10.0. The van der Waals surface area contributed by atoms with Gasteiger partial charge in [0.25, 0.3) is 5.91 Å². The summed E-state index contributed by atoms with van der Waals surface area (Å²) in [5.74, 6) is -0.822. The molecule has 3 heterocycles. The van der Waals surface area contributed by atoms with E-state index in [1.54, 1.807) is 18.2 Å². The number of anilines is 3. The summed E-state index contributed by atoms with van der Waals surface area (Å²) in [7, 11) is -3.99. The maximum atomic E-state index is 15.8. The Hall–Kier alpha value is -4.63. The van der Waals surface area contributed by atoms with Gasteiger partial charge in [0.15, 0.2) is 18.2 Å². The molecule has 5 N–H and O–H groups in total. The first-order chi connectivity index (χ1) is 20.6. The zero-order chi connectivity index (χ0) is 30.6. The number of carbonyl (C=O) groups is 1. The van der Waals surface area contributed by atoms with E-state index in [1.165, 1.54) is 30.5 Å². The molecule has 2 aromatic heterocycles. The van der Waals surface area contributed by atoms with Gasteiger partial charge in [-0.2, -0.15) is 0 Å². The number of nitrogens with two attached hydrogens (primary N) is 2. The highest BCUT2D eigenvalue weighted by Gasteiger charge is 2.23. The molecule has 2 aromatic carbocycles. The molecular weight excluding hydrogens is 584 g/mol. The highest BCUT2D eigenvalue weighted by molar-refractivity contribution is 7.92. The number of hydrogen-bond donors (Lipinski definition) is 3. The number of sulfonamides is 1. The molecule has 1 aliphatic heterocycles. The van der Waals surface area contributed by atoms with Gasteiger partial charge in [0.1, 0.15) is 22.9 Å². The Bertz CT molecular complexity index is 1750. The number of benzene rings is 2. The van der Waals surface area contributed by atoms with Crippen LogP contribution in [0.15, 0.2) is 48.7 Å². The van der Waals surface area contributed by atoms with Gasteiger partial charge in [-0.3, -0.25) is 13.9 Å². The molecule has 43 heavy (non-hydrogen) atoms. The maximum Gasteiger partial charge on any atom is 0.255 e. The molecule has 4 aromatic rings. The van der Waals surface area contributed by atoms with E-state index in [-0.39, 0.29) is 23.4 Å². The lowest BCUT2D eigenvalue weighted by Gasteiger charge is -2.29. The summed E-state index contributed by atoms with van der Waals surface area (Å²) in [6, 6.07) is 10.7. The van der Waals surface area contributed by atoms with Crippen LogP contribution in [0.4, 0.5) is 26.1 Å². The summed E-state index contributed by atoms with van der Waals surface area (Å²) in [6.07, 6.45) is 1.31. The first-order valence-corrected chi connectivity index (χ1v) is 15.0. The second-order valence-corrected chi connectivity index (χ2v) is 11.5. The van der Waals surface area contributed by atoms with Gasteiger partial charge in [0.2, 0.25) is 10.0 Å². The van der Waals surface area contributed by atoms with Crippen molar-refractivity contribution in [2.24, 2.45) is 5.73 Å². The molecule has 5 rings (SSSR count). The quantitative estimate of drug-likeness (QED) is 0.228. The minimum Gasteiger partial charge on any atom is -0.481 e. The Morgan fingerprint density at radius 3 is 2.60 bits per heavy atom. The molecule has 226 valence electrons. The summed E-state index contributed by atoms with van der Waals surface area (Å²) in [4.78, 5) is 27.4. The highest BCUT2D eigenvalue weighted by atomic mass is 32.2. The molecule has 0 unspecified atom stereocenters. The molecule has 0 spiro atoms. The molecule has 0 radical (unpaired) electrons. The standard InChI is InChI=1S/C28H29F2N7O5S/c29-7-2-12-43(39,40)36-21-4-1-3-19(25(21)30)18-13-20-26(22(14-18)42-16-24(32)38)34-27(17-5-6-23(31)33-15-17)35-28(20)37-8-10-41-11-9-37/h1,3-6,13-15,36H,2,7-12,16H2,(H2,31,33)(H2,32,38). The number of nitrogens with one attached hydrogen (secondary N) is 1. The molecule has 1 amide bonds. The molecule has 1 saturated heterocycles. The van der Waals surface area contributed by atoms with Gasteiger partial charge >= 0.3 is 0 Å². The van der Waals surface area contributed by atoms with Gasteiger partial charge in [-0.15, -0.1) is 0 Å². The van der Waals surface area contributed by atoms with Crippen molar-refractivity contribution in [3.8, 4) is 28.3 Å². The number of nitrogens with zero attached hydrogens (tertiary/aromatic N) is 4. The van der Waals surface area contributed by atoms with E-state index < -0.39 is 40.8 Å². The van der Waals surface area contributed by atoms with E-state index in [2.05, 4.69) is 9.71 Å². The van der Waals surface area contributed by atoms with Crippen LogP contribution in [0.2, 0.25) is 0 Å². The first kappa shape index (κ1) is 29.8. The second-order valence-electron chi connectivity index (χ2n) is 9.70. The Morgan fingerprint density at radius 1 is 1.12 bits per heavy atom. The van der Waals surface area contributed by atoms with Gasteiger partial charge in [0, 0.05) is 35.8 Å². The van der Waals surface area contributed by atoms with Gasteiger partial charge in [-0.25, -0.2) is 27.8 Å². The van der Waals surface area contributed by atoms with Crippen LogP contribution < -0.4 is 25.8 Å². The van der Waals surface area contributed by atoms with Crippen LogP contribution in [0.1, 0.15) is 6.42 Å². The molecule has 15 heteroatoms. The first-order valence-electron chi connectivity index (χ1n) is 13.3. The molecule has 12 nitrogen and oxygen atoms in total. The number of pyridine rings is 1. The molecule has 0 aliphatic carbocycles. The van der Waals surface area contributed by atoms with E-state index in [4.69, 9.17) is 30.9 Å². The third kappa shape index (κ3) is 6.89. The number of morpholine rings is 1. The van der Waals surface area contributed by atoms with Gasteiger partial charge in [0.05, 0.1) is 31.3 Å². The van der Waals surface area contributed by atoms with Crippen molar-refractivity contribution in [2.75, 3.05) is 60.7 Å². The number of alkyl halides is 1. The van der Waals surface area contributed by atoms with Gasteiger partial charge in [-0.1, -0.05) is 12.1 Å². The third-order valence-electron chi connectivity index (χ3n) is 6.59. The number of fused-ring (bicyclic) bond motifs is 1. The maximum absolute atomic E-state index is 15.8. The summed E-state index contributed by atoms with van der Waals surface area (Å²) in [6.45, 7) is 0.627. The molecule has 0 bridgehead atoms. The Morgan fingerprint density at radius 2 is 1.91 bits per heavy atom. The van der Waals surface area contributed by atoms with Crippen LogP contribution in [0.5, 0.6) is 5.75 Å². The Kier molecular flexibility index (Phi) is 8.82. The van der Waals surface area contributed by atoms with E-state index >= 15 is 4.39 Å². The summed E-state index contributed by atoms with van der Waals surface area (Å²) < 4.78 is 66.7. The number of carbonyl (C=O) groups excluding carboxylic acids is 1. The SMILES string of the molecule is NC(=O)COc1cc(-c2cccc(NS(=O)(=O)CCCF)c2F)cc2c(N3CCOCC3)nc(-c3ccc(N)nc3)nc12. The fourth-order valence-electron chi connectivity index (χ4n) is 4.58. The third-order valence-corrected chi connectivity index (χ3v) is 7.95. The zero-order valence-corrected chi connectivity index (χ0v) is 23.7. The van der Waals surface area contributed by atoms with Crippen molar-refractivity contribution in [3.05, 3.63) is 54.5 Å². The summed E-state index contributed by atoms with van der Waals surface area (Å²) >= 11 is 0. The highest BCUT2D eigenvalue weighted by Crippen LogP contribution is 2.39. The second kappa shape index (κ2) is 12.7. The molecule has 1 aliphatic rings. The van der Waals surface area contributed by atoms with E-state index in [9.17, 15) is 17.6 Å². The summed E-state index contributed by atoms with van der Waals surface area (Å²) in [5.41, 5.74) is 12.1. The van der Waals surface area contributed by atoms with Crippen molar-refractivity contribution in [2.45, 2.75) is 6.42 Å². The Balaban J connectivity index is 1.70. The predicted octanol–water partition coefficient (Wildman–Crippen LogP) is 2.88. The summed E-state index contributed by atoms with van der Waals surface area (Å²) in [5, 5.41) is 0.486. The molecule has 0 saturated carbocycles. The van der Waals surface area contributed by atoms with Crippen molar-refractivity contribution in [3.63, 3.8) is 0 Å². The fraction of sp³-hybridized carbons (Fsp3) is 0.286. The minimum absolute atomic E-state index is 0.0382. The average molecular weight is 614 g/mol. The van der Waals surface area contributed by atoms with Crippen molar-refractivity contribution >= 4 is 44.2 Å². The van der Waals surface area contributed by atoms with Crippen LogP contribution in [0.25, 0.3) is 33.4 Å². The number of ether oxygens (including phenoxy) is 2. The van der Waals surface area contributed by atoms with E-state index in [0.29, 0.717) is 65.8 Å². The van der Waals surface area contributed by atoms with Gasteiger partial charge in [-0.05, 0) is 42.3 Å². The van der Waals surface area contributed by atoms with Crippen LogP contribution in [0.3, 0.4) is 0 Å². The van der Waals surface area contributed by atoms with Crippen molar-refractivity contribution < 1.29 is 31.5 Å². The van der Waals surface area contributed by atoms with Crippen LogP contribution >= 0.6 is 0 Å². The number of rotatable bonds is 11. The normalized spacial score (nSPS) is 13.7. The molecular formula is C28H29F2N7O5S. The fourth-order valence-corrected chi connectivity index (χ4v) is 5.66. The average Bonchev–Trinajstić information content (AvgIpc) is 3.00. The number of amides is 1. The monoisotopic (exact) mass is 613 g/mol. The largest absolute Gasteiger partial charge is 0.481 e. The van der Waals surface area contributed by atoms with Crippen molar-refractivity contribution in [1.82, 2.24) is 15.0 Å². The number of aromatic nitrogens is 3. The lowest BCUT2D eigenvalue weighted by Crippen LogP contribution is -2.37. The van der Waals surface area contributed by atoms with Crippen LogP contribution in [-0.2, 0) is 19.6 Å². The van der Waals surface area contributed by atoms with Crippen LogP contribution in [0, 0.1) is 5.82 Å². The number of nitrogen functional groups attached to an aromatic ring is 1. The number of hydrogen-bond acceptors (Lipinski definition) is 10. The minimum atomic E-state index is -3.99. The number of primary amides is 1. The smallest absolute Gasteiger partial charge is 0.255 e. The topological polar surface area (TPSA) is 176 Å². The van der Waals surface area contributed by atoms with E-state index in [1.807, 2.05) is 4.90 Å². The van der Waals surface area contributed by atoms with Crippen molar-refractivity contribution in [1.29, 1.82) is 0 Å². The lowest BCUT2D eigenvalue weighted by molar-refractivity contribution is -0.119. The number of halogens is 2. The zero-order valence-electron chi connectivity index (χ0n) is 22.9. The van der Waals surface area contributed by atoms with Gasteiger partial charge < -0.3 is 25.8 Å². The molecule has 0 atom stereocenters. The predicted molar refractivity (Wildman–Crippen MR) is 158 cm³/mol. The Labute approximate surface area is 246 Å².